The molecule has 32 heavy (non-hydrogen) atoms. The van der Waals surface area contributed by atoms with Crippen LogP contribution in [0.25, 0.3) is 0 Å². The number of hydrogen-bond donors (Lipinski definition) is 3. The molecule has 0 bridgehead atoms. The average Bonchev–Trinajstić information content (AvgIpc) is 3.22. The van der Waals surface area contributed by atoms with E-state index in [4.69, 9.17) is 11.5 Å². The van der Waals surface area contributed by atoms with Crippen molar-refractivity contribution in [1.82, 2.24) is 15.1 Å². The van der Waals surface area contributed by atoms with Gasteiger partial charge in [0.2, 0.25) is 0 Å². The minimum absolute atomic E-state index is 0.0157. The Morgan fingerprint density at radius 2 is 1.91 bits per heavy atom. The Morgan fingerprint density at radius 3 is 2.66 bits per heavy atom. The van der Waals surface area contributed by atoms with Crippen LogP contribution < -0.4 is 16.4 Å². The second-order valence-electron chi connectivity index (χ2n) is 8.28. The summed E-state index contributed by atoms with van der Waals surface area (Å²) in [5, 5.41) is 6.89. The maximum atomic E-state index is 11.8. The lowest BCUT2D eigenvalue weighted by atomic mass is 9.95. The lowest BCUT2D eigenvalue weighted by Gasteiger charge is -2.44. The third-order valence-electron chi connectivity index (χ3n) is 6.09. The largest absolute Gasteiger partial charge is 0.369 e. The predicted octanol–water partition coefficient (Wildman–Crippen LogP) is 1.66. The van der Waals surface area contributed by atoms with E-state index in [0.717, 1.165) is 23.2 Å². The predicted molar refractivity (Wildman–Crippen MR) is 123 cm³/mol. The van der Waals surface area contributed by atoms with Crippen LogP contribution in [-0.2, 0) is 22.8 Å². The summed E-state index contributed by atoms with van der Waals surface area (Å²) in [7, 11) is -3.23. The molecule has 2 aliphatic heterocycles. The topological polar surface area (TPSA) is 134 Å². The molecule has 0 fully saturated rings. The Morgan fingerprint density at radius 1 is 1.16 bits per heavy atom. The summed E-state index contributed by atoms with van der Waals surface area (Å²) in [6.07, 6.45) is 3.26. The van der Waals surface area contributed by atoms with E-state index < -0.39 is 16.0 Å². The number of nitrogens with zero attached hydrogens (tertiary/aromatic N) is 4. The fourth-order valence-electron chi connectivity index (χ4n) is 4.54. The van der Waals surface area contributed by atoms with Gasteiger partial charge in [-0.05, 0) is 35.7 Å². The Labute approximate surface area is 186 Å². The maximum Gasteiger partial charge on any atom is 0.199 e. The molecule has 3 heterocycles. The number of aromatic nitrogens is 2. The van der Waals surface area contributed by atoms with Crippen molar-refractivity contribution < 1.29 is 8.42 Å². The normalized spacial score (nSPS) is 20.5. The van der Waals surface area contributed by atoms with Crippen molar-refractivity contribution in [2.45, 2.75) is 30.1 Å². The van der Waals surface area contributed by atoms with E-state index in [1.54, 1.807) is 18.3 Å². The van der Waals surface area contributed by atoms with E-state index >= 15 is 0 Å². The van der Waals surface area contributed by atoms with Gasteiger partial charge < -0.3 is 21.3 Å². The van der Waals surface area contributed by atoms with Gasteiger partial charge in [-0.25, -0.2) is 8.42 Å². The van der Waals surface area contributed by atoms with Crippen LogP contribution in [0, 0.1) is 0 Å². The molecule has 5 N–H and O–H groups in total. The number of aliphatic imine (C=N–C) groups is 1. The molecule has 166 valence electrons. The number of nitrogens with two attached hydrogens (primary N) is 2. The summed E-state index contributed by atoms with van der Waals surface area (Å²) in [6.45, 7) is 1.33. The number of nitrogens with one attached hydrogen (secondary N) is 1. The summed E-state index contributed by atoms with van der Waals surface area (Å²) in [5.41, 5.74) is 17.1. The minimum Gasteiger partial charge on any atom is -0.369 e. The summed E-state index contributed by atoms with van der Waals surface area (Å²) in [5.74, 6) is 0.973. The van der Waals surface area contributed by atoms with Crippen LogP contribution in [0.2, 0.25) is 0 Å². The van der Waals surface area contributed by atoms with Gasteiger partial charge in [0.15, 0.2) is 21.6 Å². The van der Waals surface area contributed by atoms with Crippen molar-refractivity contribution >= 4 is 27.3 Å². The van der Waals surface area contributed by atoms with E-state index in [9.17, 15) is 8.42 Å². The van der Waals surface area contributed by atoms with Crippen molar-refractivity contribution in [3.63, 3.8) is 0 Å². The van der Waals surface area contributed by atoms with Crippen LogP contribution in [0.4, 0.5) is 11.5 Å². The van der Waals surface area contributed by atoms with Gasteiger partial charge in [0.05, 0.1) is 22.7 Å². The van der Waals surface area contributed by atoms with E-state index in [1.165, 1.54) is 11.8 Å². The van der Waals surface area contributed by atoms with Crippen LogP contribution >= 0.6 is 0 Å². The molecule has 2 atom stereocenters. The highest BCUT2D eigenvalue weighted by Crippen LogP contribution is 2.35. The van der Waals surface area contributed by atoms with Crippen molar-refractivity contribution in [1.29, 1.82) is 0 Å². The molecule has 10 heteroatoms. The molecule has 0 saturated carbocycles. The Balaban J connectivity index is 1.45. The number of sulfone groups is 1. The molecule has 2 aromatic carbocycles. The number of aromatic amines is 1. The first-order valence-electron chi connectivity index (χ1n) is 10.3. The maximum absolute atomic E-state index is 11.8. The zero-order valence-corrected chi connectivity index (χ0v) is 18.5. The Hall–Kier alpha value is -3.37. The van der Waals surface area contributed by atoms with Gasteiger partial charge in [-0.3, -0.25) is 5.10 Å². The molecule has 0 amide bonds. The number of benzene rings is 2. The first-order chi connectivity index (χ1) is 15.3. The van der Waals surface area contributed by atoms with Crippen molar-refractivity contribution in [3.8, 4) is 0 Å². The quantitative estimate of drug-likeness (QED) is 0.549. The van der Waals surface area contributed by atoms with Gasteiger partial charge in [-0.1, -0.05) is 30.3 Å². The molecule has 0 saturated heterocycles. The SMILES string of the molecule is CS(=O)(=O)c1ccc(CN2CC(N3C(N)=Nc4[nH]ncc4C3N)Cc3ccccc32)cc1. The molecule has 5 rings (SSSR count). The number of hydrogen-bond acceptors (Lipinski definition) is 8. The van der Waals surface area contributed by atoms with Gasteiger partial charge >= 0.3 is 0 Å². The third-order valence-corrected chi connectivity index (χ3v) is 7.22. The first kappa shape index (κ1) is 20.5. The van der Waals surface area contributed by atoms with Gasteiger partial charge in [0, 0.05) is 25.0 Å². The molecule has 3 aromatic rings. The molecular weight excluding hydrogens is 426 g/mol. The highest BCUT2D eigenvalue weighted by molar-refractivity contribution is 7.90. The van der Waals surface area contributed by atoms with Gasteiger partial charge in [0.1, 0.15) is 6.17 Å². The molecule has 2 aliphatic rings. The molecule has 1 aromatic heterocycles. The average molecular weight is 452 g/mol. The fourth-order valence-corrected chi connectivity index (χ4v) is 5.17. The fraction of sp³-hybridized carbons (Fsp3) is 0.273. The summed E-state index contributed by atoms with van der Waals surface area (Å²) in [4.78, 5) is 9.02. The minimum atomic E-state index is -3.23. The number of anilines is 1. The molecule has 2 unspecified atom stereocenters. The van der Waals surface area contributed by atoms with E-state index in [1.807, 2.05) is 29.2 Å². The van der Waals surface area contributed by atoms with Crippen molar-refractivity contribution in [3.05, 3.63) is 71.4 Å². The number of rotatable bonds is 4. The number of guanidine groups is 1. The highest BCUT2D eigenvalue weighted by Gasteiger charge is 2.36. The van der Waals surface area contributed by atoms with Crippen LogP contribution in [-0.4, -0.2) is 48.3 Å². The molecule has 9 nitrogen and oxygen atoms in total. The standard InChI is InChI=1S/C22H25N7O2S/c1-32(30,31)17-8-6-14(7-9-17)12-28-13-16(10-15-4-2-3-5-19(15)28)29-20(23)18-11-25-27-21(18)26-22(29)24/h2-9,11,16,20H,10,12-13,23H2,1H3,(H3,24,25,26,27). The Bertz CT molecular complexity index is 1280. The highest BCUT2D eigenvalue weighted by atomic mass is 32.2. The van der Waals surface area contributed by atoms with Crippen LogP contribution in [0.15, 0.2) is 64.6 Å². The van der Waals surface area contributed by atoms with Crippen LogP contribution in [0.1, 0.15) is 22.9 Å². The van der Waals surface area contributed by atoms with Crippen LogP contribution in [0.3, 0.4) is 0 Å². The first-order valence-corrected chi connectivity index (χ1v) is 12.2. The van der Waals surface area contributed by atoms with Gasteiger partial charge in [-0.2, -0.15) is 10.1 Å². The smallest absolute Gasteiger partial charge is 0.199 e. The van der Waals surface area contributed by atoms with Crippen LogP contribution in [0.5, 0.6) is 0 Å². The molecule has 0 spiro atoms. The second-order valence-corrected chi connectivity index (χ2v) is 10.3. The molecule has 0 aliphatic carbocycles. The second kappa shape index (κ2) is 7.64. The lowest BCUT2D eigenvalue weighted by molar-refractivity contribution is 0.229. The van der Waals surface area contributed by atoms with E-state index in [-0.39, 0.29) is 6.04 Å². The van der Waals surface area contributed by atoms with Crippen molar-refractivity contribution in [2.24, 2.45) is 16.5 Å². The van der Waals surface area contributed by atoms with Gasteiger partial charge in [-0.15, -0.1) is 0 Å². The lowest BCUT2D eigenvalue weighted by Crippen LogP contribution is -2.56. The molecule has 0 radical (unpaired) electrons. The monoisotopic (exact) mass is 451 g/mol. The zero-order chi connectivity index (χ0) is 22.5. The number of H-pyrrole nitrogens is 1. The molecular formula is C22H25N7O2S. The number of fused-ring (bicyclic) bond motifs is 2. The van der Waals surface area contributed by atoms with Crippen molar-refractivity contribution in [2.75, 3.05) is 17.7 Å². The van der Waals surface area contributed by atoms with E-state index in [0.29, 0.717) is 29.8 Å². The van der Waals surface area contributed by atoms with Gasteiger partial charge in [0.25, 0.3) is 0 Å². The van der Waals surface area contributed by atoms with E-state index in [2.05, 4.69) is 32.2 Å². The summed E-state index contributed by atoms with van der Waals surface area (Å²) >= 11 is 0. The third kappa shape index (κ3) is 3.61. The summed E-state index contributed by atoms with van der Waals surface area (Å²) in [6, 6.07) is 15.3. The zero-order valence-electron chi connectivity index (χ0n) is 17.6. The Kier molecular flexibility index (Phi) is 4.90. The number of para-hydroxylation sites is 1. The summed E-state index contributed by atoms with van der Waals surface area (Å²) < 4.78 is 23.6.